The molecule has 0 saturated carbocycles. The van der Waals surface area contributed by atoms with Gasteiger partial charge in [-0.05, 0) is 26.8 Å². The van der Waals surface area contributed by atoms with Gasteiger partial charge in [-0.1, -0.05) is 11.6 Å². The van der Waals surface area contributed by atoms with Crippen LogP contribution >= 0.6 is 23.4 Å². The maximum atomic E-state index is 11.5. The Morgan fingerprint density at radius 2 is 2.10 bits per heavy atom. The van der Waals surface area contributed by atoms with Crippen LogP contribution in [0.25, 0.3) is 0 Å². The van der Waals surface area contributed by atoms with Gasteiger partial charge in [0.2, 0.25) is 5.91 Å². The maximum absolute atomic E-state index is 11.5. The van der Waals surface area contributed by atoms with Crippen molar-refractivity contribution in [2.45, 2.75) is 37.8 Å². The highest BCUT2D eigenvalue weighted by Gasteiger charge is 2.16. The van der Waals surface area contributed by atoms with Crippen molar-refractivity contribution in [3.05, 3.63) is 22.8 Å². The molecule has 0 bridgehead atoms. The highest BCUT2D eigenvalue weighted by Crippen LogP contribution is 2.26. The molecule has 0 atom stereocenters. The molecule has 5 nitrogen and oxygen atoms in total. The van der Waals surface area contributed by atoms with E-state index in [0.29, 0.717) is 15.8 Å². The first-order valence-electron chi connectivity index (χ1n) is 5.99. The lowest BCUT2D eigenvalue weighted by Crippen LogP contribution is -2.24. The number of rotatable bonds is 5. The highest BCUT2D eigenvalue weighted by atomic mass is 35.5. The summed E-state index contributed by atoms with van der Waals surface area (Å²) < 4.78 is 5.19. The molecule has 0 aliphatic heterocycles. The van der Waals surface area contributed by atoms with Crippen LogP contribution in [0.2, 0.25) is 5.02 Å². The Bertz CT molecular complexity index is 515. The predicted octanol–water partition coefficient (Wildman–Crippen LogP) is 2.66. The zero-order valence-corrected chi connectivity index (χ0v) is 13.2. The SMILES string of the molecule is CC(C)(C)OC(=O)CCSc1ncc(C(N)=O)cc1Cl. The largest absolute Gasteiger partial charge is 0.460 e. The second kappa shape index (κ2) is 6.95. The fourth-order valence-corrected chi connectivity index (χ4v) is 2.41. The molecule has 7 heteroatoms. The summed E-state index contributed by atoms with van der Waals surface area (Å²) in [4.78, 5) is 26.5. The van der Waals surface area contributed by atoms with Crippen LogP contribution in [0.15, 0.2) is 17.3 Å². The number of aromatic nitrogens is 1. The van der Waals surface area contributed by atoms with Crippen molar-refractivity contribution in [2.75, 3.05) is 5.75 Å². The number of pyridine rings is 1. The lowest BCUT2D eigenvalue weighted by molar-refractivity contribution is -0.154. The molecule has 0 spiro atoms. The van der Waals surface area contributed by atoms with Gasteiger partial charge >= 0.3 is 5.97 Å². The van der Waals surface area contributed by atoms with Gasteiger partial charge in [-0.25, -0.2) is 4.98 Å². The molecule has 0 aliphatic carbocycles. The van der Waals surface area contributed by atoms with E-state index in [1.165, 1.54) is 24.0 Å². The minimum absolute atomic E-state index is 0.256. The molecule has 110 valence electrons. The van der Waals surface area contributed by atoms with Gasteiger partial charge in [-0.15, -0.1) is 11.8 Å². The second-order valence-electron chi connectivity index (χ2n) is 5.06. The molecule has 0 unspecified atom stereocenters. The van der Waals surface area contributed by atoms with Crippen molar-refractivity contribution in [3.8, 4) is 0 Å². The molecule has 0 radical (unpaired) electrons. The van der Waals surface area contributed by atoms with Crippen molar-refractivity contribution in [1.29, 1.82) is 0 Å². The van der Waals surface area contributed by atoms with Crippen molar-refractivity contribution in [1.82, 2.24) is 4.98 Å². The van der Waals surface area contributed by atoms with Gasteiger partial charge in [0.25, 0.3) is 0 Å². The Hall–Kier alpha value is -1.27. The molecule has 0 aliphatic rings. The van der Waals surface area contributed by atoms with E-state index in [2.05, 4.69) is 4.98 Å². The molecule has 2 N–H and O–H groups in total. The number of esters is 1. The fraction of sp³-hybridized carbons (Fsp3) is 0.462. The molecule has 0 saturated heterocycles. The van der Waals surface area contributed by atoms with Gasteiger partial charge in [-0.2, -0.15) is 0 Å². The Morgan fingerprint density at radius 3 is 2.60 bits per heavy atom. The third-order valence-electron chi connectivity index (χ3n) is 2.06. The molecule has 0 fully saturated rings. The number of carbonyl (C=O) groups excluding carboxylic acids is 2. The molecule has 1 heterocycles. The first kappa shape index (κ1) is 16.8. The number of nitrogens with zero attached hydrogens (tertiary/aromatic N) is 1. The smallest absolute Gasteiger partial charge is 0.307 e. The molecule has 0 aromatic carbocycles. The average Bonchev–Trinajstić information content (AvgIpc) is 2.28. The van der Waals surface area contributed by atoms with Crippen LogP contribution in [0.3, 0.4) is 0 Å². The monoisotopic (exact) mass is 316 g/mol. The first-order valence-corrected chi connectivity index (χ1v) is 7.35. The number of nitrogens with two attached hydrogens (primary N) is 1. The van der Waals surface area contributed by atoms with E-state index in [1.807, 2.05) is 20.8 Å². The highest BCUT2D eigenvalue weighted by molar-refractivity contribution is 7.99. The third kappa shape index (κ3) is 5.79. The number of halogens is 1. The van der Waals surface area contributed by atoms with Crippen molar-refractivity contribution >= 4 is 35.2 Å². The number of carbonyl (C=O) groups is 2. The van der Waals surface area contributed by atoms with Gasteiger partial charge in [0.15, 0.2) is 0 Å². The van der Waals surface area contributed by atoms with Crippen LogP contribution in [-0.4, -0.2) is 28.2 Å². The van der Waals surface area contributed by atoms with Gasteiger partial charge < -0.3 is 10.5 Å². The summed E-state index contributed by atoms with van der Waals surface area (Å²) >= 11 is 7.31. The zero-order chi connectivity index (χ0) is 15.3. The van der Waals surface area contributed by atoms with E-state index in [-0.39, 0.29) is 18.0 Å². The summed E-state index contributed by atoms with van der Waals surface area (Å²) in [6.07, 6.45) is 1.63. The molecule has 1 amide bonds. The quantitative estimate of drug-likeness (QED) is 0.667. The topological polar surface area (TPSA) is 82.3 Å². The zero-order valence-electron chi connectivity index (χ0n) is 11.6. The Balaban J connectivity index is 2.51. The molecular weight excluding hydrogens is 300 g/mol. The van der Waals surface area contributed by atoms with Crippen LogP contribution < -0.4 is 5.73 Å². The maximum Gasteiger partial charge on any atom is 0.307 e. The van der Waals surface area contributed by atoms with Gasteiger partial charge in [0.1, 0.15) is 10.6 Å². The summed E-state index contributed by atoms with van der Waals surface area (Å²) in [6.45, 7) is 5.46. The number of ether oxygens (including phenoxy) is 1. The summed E-state index contributed by atoms with van der Waals surface area (Å²) in [5.74, 6) is -0.350. The van der Waals surface area contributed by atoms with Gasteiger partial charge in [-0.3, -0.25) is 9.59 Å². The number of primary amides is 1. The first-order chi connectivity index (χ1) is 9.19. The van der Waals surface area contributed by atoms with Gasteiger partial charge in [0.05, 0.1) is 17.0 Å². The Morgan fingerprint density at radius 1 is 1.45 bits per heavy atom. The molecule has 1 aromatic heterocycles. The summed E-state index contributed by atoms with van der Waals surface area (Å²) in [5.41, 5.74) is 4.90. The molecule has 20 heavy (non-hydrogen) atoms. The molecular formula is C13H17ClN2O3S. The van der Waals surface area contributed by atoms with E-state index in [1.54, 1.807) is 0 Å². The number of hydrogen-bond donors (Lipinski definition) is 1. The van der Waals surface area contributed by atoms with Crippen LogP contribution in [0, 0.1) is 0 Å². The summed E-state index contributed by atoms with van der Waals surface area (Å²) in [7, 11) is 0. The normalized spacial score (nSPS) is 11.2. The van der Waals surface area contributed by atoms with Crippen molar-refractivity contribution in [2.24, 2.45) is 5.73 Å². The van der Waals surface area contributed by atoms with E-state index in [9.17, 15) is 9.59 Å². The van der Waals surface area contributed by atoms with E-state index in [0.717, 1.165) is 0 Å². The predicted molar refractivity (Wildman–Crippen MR) is 79.0 cm³/mol. The van der Waals surface area contributed by atoms with E-state index >= 15 is 0 Å². The molecule has 1 aromatic rings. The fourth-order valence-electron chi connectivity index (χ4n) is 1.29. The van der Waals surface area contributed by atoms with Gasteiger partial charge in [0, 0.05) is 11.9 Å². The average molecular weight is 317 g/mol. The van der Waals surface area contributed by atoms with Crippen LogP contribution in [0.5, 0.6) is 0 Å². The van der Waals surface area contributed by atoms with E-state index < -0.39 is 11.5 Å². The van der Waals surface area contributed by atoms with Crippen molar-refractivity contribution < 1.29 is 14.3 Å². The lowest BCUT2D eigenvalue weighted by atomic mass is 10.2. The Labute approximate surface area is 127 Å². The van der Waals surface area contributed by atoms with Crippen LogP contribution in [-0.2, 0) is 9.53 Å². The second-order valence-corrected chi connectivity index (χ2v) is 6.55. The standard InChI is InChI=1S/C13H17ClN2O3S/c1-13(2,3)19-10(17)4-5-20-12-9(14)6-8(7-16-12)11(15)18/h6-7H,4-5H2,1-3H3,(H2,15,18). The number of hydrogen-bond acceptors (Lipinski definition) is 5. The summed E-state index contributed by atoms with van der Waals surface area (Å²) in [5, 5.41) is 0.899. The van der Waals surface area contributed by atoms with Crippen LogP contribution in [0.4, 0.5) is 0 Å². The summed E-state index contributed by atoms with van der Waals surface area (Å²) in [6, 6.07) is 1.46. The lowest BCUT2D eigenvalue weighted by Gasteiger charge is -2.19. The van der Waals surface area contributed by atoms with Crippen molar-refractivity contribution in [3.63, 3.8) is 0 Å². The minimum Gasteiger partial charge on any atom is -0.460 e. The third-order valence-corrected chi connectivity index (χ3v) is 3.46. The molecule has 1 rings (SSSR count). The number of thioether (sulfide) groups is 1. The van der Waals surface area contributed by atoms with Crippen LogP contribution in [0.1, 0.15) is 37.6 Å². The van der Waals surface area contributed by atoms with E-state index in [4.69, 9.17) is 22.1 Å². The minimum atomic E-state index is -0.579. The number of amides is 1. The Kier molecular flexibility index (Phi) is 5.83.